The quantitative estimate of drug-likeness (QED) is 0.477. The number of ketones is 1. The standard InChI is InChI=1S/C23H23ClN2O4S/c1-3-25(4-2)9-10-26-20(18-6-5-11-31-18)19(22(28)23(26)29)21(27)17-13-14-12-15(24)7-8-16(14)30-17/h5-8,11-13,20,28H,3-4,9-10H2,1-2H3. The number of rotatable bonds is 8. The van der Waals surface area contributed by atoms with Crippen molar-refractivity contribution in [2.24, 2.45) is 0 Å². The minimum atomic E-state index is -0.646. The zero-order valence-corrected chi connectivity index (χ0v) is 18.9. The third kappa shape index (κ3) is 4.01. The first-order chi connectivity index (χ1) is 14.9. The van der Waals surface area contributed by atoms with Crippen LogP contribution in [0.5, 0.6) is 0 Å². The summed E-state index contributed by atoms with van der Waals surface area (Å²) >= 11 is 7.49. The van der Waals surface area contributed by atoms with Crippen molar-refractivity contribution in [3.05, 3.63) is 68.8 Å². The molecule has 0 spiro atoms. The Kier molecular flexibility index (Phi) is 6.18. The number of hydrogen-bond donors (Lipinski definition) is 1. The molecule has 3 aromatic rings. The van der Waals surface area contributed by atoms with Gasteiger partial charge in [-0.05, 0) is 48.8 Å². The van der Waals surface area contributed by atoms with Crippen molar-refractivity contribution in [1.29, 1.82) is 0 Å². The van der Waals surface area contributed by atoms with Gasteiger partial charge in [0.1, 0.15) is 5.58 Å². The molecule has 162 valence electrons. The first-order valence-corrected chi connectivity index (χ1v) is 11.4. The number of aliphatic hydroxyl groups excluding tert-OH is 1. The molecule has 2 aromatic heterocycles. The summed E-state index contributed by atoms with van der Waals surface area (Å²) in [7, 11) is 0. The number of fused-ring (bicyclic) bond motifs is 1. The smallest absolute Gasteiger partial charge is 0.290 e. The number of thiophene rings is 1. The number of carbonyl (C=O) groups is 2. The Morgan fingerprint density at radius 1 is 1.26 bits per heavy atom. The van der Waals surface area contributed by atoms with Crippen molar-refractivity contribution in [3.63, 3.8) is 0 Å². The lowest BCUT2D eigenvalue weighted by Gasteiger charge is -2.28. The molecular weight excluding hydrogens is 436 g/mol. The first kappa shape index (κ1) is 21.6. The molecule has 1 amide bonds. The van der Waals surface area contributed by atoms with E-state index in [9.17, 15) is 14.7 Å². The van der Waals surface area contributed by atoms with Crippen molar-refractivity contribution in [3.8, 4) is 0 Å². The number of amides is 1. The van der Waals surface area contributed by atoms with Crippen LogP contribution in [0, 0.1) is 0 Å². The van der Waals surface area contributed by atoms with Gasteiger partial charge in [-0.25, -0.2) is 0 Å². The average molecular weight is 459 g/mol. The molecule has 0 fully saturated rings. The van der Waals surface area contributed by atoms with Crippen LogP contribution in [0.3, 0.4) is 0 Å². The van der Waals surface area contributed by atoms with Crippen LogP contribution in [0.25, 0.3) is 11.0 Å². The normalized spacial score (nSPS) is 16.8. The highest BCUT2D eigenvalue weighted by Gasteiger charge is 2.44. The van der Waals surface area contributed by atoms with Gasteiger partial charge in [-0.15, -0.1) is 11.3 Å². The zero-order valence-electron chi connectivity index (χ0n) is 17.3. The van der Waals surface area contributed by atoms with E-state index < -0.39 is 23.5 Å². The maximum absolute atomic E-state index is 13.4. The summed E-state index contributed by atoms with van der Waals surface area (Å²) in [5, 5.41) is 13.8. The molecule has 1 atom stereocenters. The van der Waals surface area contributed by atoms with Gasteiger partial charge in [0.2, 0.25) is 5.78 Å². The van der Waals surface area contributed by atoms with E-state index in [2.05, 4.69) is 18.7 Å². The predicted molar refractivity (Wildman–Crippen MR) is 122 cm³/mol. The van der Waals surface area contributed by atoms with Crippen molar-refractivity contribution in [2.75, 3.05) is 26.2 Å². The monoisotopic (exact) mass is 458 g/mol. The van der Waals surface area contributed by atoms with E-state index in [1.807, 2.05) is 17.5 Å². The second-order valence-electron chi connectivity index (χ2n) is 7.33. The number of aliphatic hydroxyl groups is 1. The van der Waals surface area contributed by atoms with Gasteiger partial charge in [-0.1, -0.05) is 31.5 Å². The second kappa shape index (κ2) is 8.86. The number of furan rings is 1. The molecule has 1 aromatic carbocycles. The Morgan fingerprint density at radius 2 is 2.03 bits per heavy atom. The van der Waals surface area contributed by atoms with Crippen molar-refractivity contribution < 1.29 is 19.1 Å². The summed E-state index contributed by atoms with van der Waals surface area (Å²) in [6.45, 7) is 6.89. The molecule has 1 aliphatic rings. The molecule has 1 unspecified atom stereocenters. The minimum Gasteiger partial charge on any atom is -0.503 e. The zero-order chi connectivity index (χ0) is 22.1. The minimum absolute atomic E-state index is 0.0529. The van der Waals surface area contributed by atoms with Gasteiger partial charge in [-0.3, -0.25) is 9.59 Å². The highest BCUT2D eigenvalue weighted by atomic mass is 35.5. The third-order valence-corrected chi connectivity index (χ3v) is 6.77. The molecule has 8 heteroatoms. The number of nitrogens with zero attached hydrogens (tertiary/aromatic N) is 2. The van der Waals surface area contributed by atoms with Gasteiger partial charge >= 0.3 is 0 Å². The van der Waals surface area contributed by atoms with Crippen LogP contribution in [0.4, 0.5) is 0 Å². The number of Topliss-reactive ketones (excluding diaryl/α,β-unsaturated/α-hetero) is 1. The van der Waals surface area contributed by atoms with Gasteiger partial charge < -0.3 is 19.3 Å². The fourth-order valence-corrected chi connectivity index (χ4v) is 4.93. The number of hydrogen-bond acceptors (Lipinski definition) is 6. The van der Waals surface area contributed by atoms with Crippen molar-refractivity contribution in [1.82, 2.24) is 9.80 Å². The van der Waals surface area contributed by atoms with Crippen molar-refractivity contribution in [2.45, 2.75) is 19.9 Å². The summed E-state index contributed by atoms with van der Waals surface area (Å²) < 4.78 is 5.73. The lowest BCUT2D eigenvalue weighted by Crippen LogP contribution is -2.38. The predicted octanol–water partition coefficient (Wildman–Crippen LogP) is 5.07. The molecule has 4 rings (SSSR count). The van der Waals surface area contributed by atoms with Gasteiger partial charge in [-0.2, -0.15) is 0 Å². The molecule has 0 radical (unpaired) electrons. The highest BCUT2D eigenvalue weighted by Crippen LogP contribution is 2.41. The fourth-order valence-electron chi connectivity index (χ4n) is 3.91. The summed E-state index contributed by atoms with van der Waals surface area (Å²) in [5.41, 5.74) is 0.570. The number of halogens is 1. The Bertz CT molecular complexity index is 1150. The van der Waals surface area contributed by atoms with Crippen molar-refractivity contribution >= 4 is 45.6 Å². The molecule has 1 aliphatic heterocycles. The number of benzene rings is 1. The molecular formula is C23H23ClN2O4S. The van der Waals surface area contributed by atoms with Crippen LogP contribution >= 0.6 is 22.9 Å². The molecule has 0 saturated carbocycles. The molecule has 0 aliphatic carbocycles. The van der Waals surface area contributed by atoms with E-state index in [0.717, 1.165) is 18.0 Å². The van der Waals surface area contributed by atoms with Crippen LogP contribution in [0.2, 0.25) is 5.02 Å². The highest BCUT2D eigenvalue weighted by molar-refractivity contribution is 7.10. The van der Waals surface area contributed by atoms with E-state index in [-0.39, 0.29) is 11.3 Å². The molecule has 6 nitrogen and oxygen atoms in total. The fraction of sp³-hybridized carbons (Fsp3) is 0.304. The Morgan fingerprint density at radius 3 is 2.71 bits per heavy atom. The lowest BCUT2D eigenvalue weighted by molar-refractivity contribution is -0.129. The van der Waals surface area contributed by atoms with E-state index in [1.54, 1.807) is 29.2 Å². The molecule has 0 bridgehead atoms. The van der Waals surface area contributed by atoms with Gasteiger partial charge in [0.15, 0.2) is 11.5 Å². The van der Waals surface area contributed by atoms with E-state index in [0.29, 0.717) is 29.1 Å². The van der Waals surface area contributed by atoms with Crippen LogP contribution < -0.4 is 0 Å². The molecule has 1 N–H and O–H groups in total. The van der Waals surface area contributed by atoms with Gasteiger partial charge in [0, 0.05) is 28.4 Å². The molecule has 3 heterocycles. The maximum Gasteiger partial charge on any atom is 0.290 e. The van der Waals surface area contributed by atoms with Crippen LogP contribution in [0.15, 0.2) is 57.5 Å². The van der Waals surface area contributed by atoms with Crippen LogP contribution in [-0.2, 0) is 4.79 Å². The van der Waals surface area contributed by atoms with Gasteiger partial charge in [0.05, 0.1) is 11.6 Å². The maximum atomic E-state index is 13.4. The lowest BCUT2D eigenvalue weighted by atomic mass is 10.00. The van der Waals surface area contributed by atoms with E-state index in [4.69, 9.17) is 16.0 Å². The van der Waals surface area contributed by atoms with Crippen LogP contribution in [0.1, 0.15) is 35.3 Å². The topological polar surface area (TPSA) is 74.0 Å². The second-order valence-corrected chi connectivity index (χ2v) is 8.74. The number of carbonyl (C=O) groups excluding carboxylic acids is 2. The Hall–Kier alpha value is -2.61. The SMILES string of the molecule is CCN(CC)CCN1C(=O)C(O)=C(C(=O)c2cc3cc(Cl)ccc3o2)C1c1cccs1. The average Bonchev–Trinajstić information content (AvgIpc) is 3.48. The third-order valence-electron chi connectivity index (χ3n) is 5.61. The Labute approximate surface area is 189 Å². The number of likely N-dealkylation sites (N-methyl/N-ethyl adjacent to an activating group) is 1. The van der Waals surface area contributed by atoms with E-state index in [1.165, 1.54) is 11.3 Å². The van der Waals surface area contributed by atoms with E-state index >= 15 is 0 Å². The van der Waals surface area contributed by atoms with Crippen LogP contribution in [-0.4, -0.2) is 52.8 Å². The summed E-state index contributed by atoms with van der Waals surface area (Å²) in [6.07, 6.45) is 0. The largest absolute Gasteiger partial charge is 0.503 e. The summed E-state index contributed by atoms with van der Waals surface area (Å²) in [6, 6.07) is 9.77. The Balaban J connectivity index is 1.71. The molecule has 31 heavy (non-hydrogen) atoms. The summed E-state index contributed by atoms with van der Waals surface area (Å²) in [5.74, 6) is -1.48. The first-order valence-electron chi connectivity index (χ1n) is 10.2. The molecule has 0 saturated heterocycles. The van der Waals surface area contributed by atoms with Gasteiger partial charge in [0.25, 0.3) is 5.91 Å². The summed E-state index contributed by atoms with van der Waals surface area (Å²) in [4.78, 5) is 31.0.